The van der Waals surface area contributed by atoms with Crippen molar-refractivity contribution in [2.45, 2.75) is 46.2 Å². The van der Waals surface area contributed by atoms with Gasteiger partial charge in [0.05, 0.1) is 0 Å². The first-order valence-electron chi connectivity index (χ1n) is 9.87. The largest absolute Gasteiger partial charge is 0.461 e. The number of benzene rings is 2. The number of fused-ring (bicyclic) bond motifs is 1. The van der Waals surface area contributed by atoms with E-state index < -0.39 is 0 Å². The molecule has 0 aliphatic heterocycles. The lowest BCUT2D eigenvalue weighted by Gasteiger charge is -2.21. The standard InChI is InChI=1S/C24H28N2O3/c1-6-20-19(18-9-7-8-10-21(18)29-20)15-26(5)23(28)17-13-11-16(12-14-17)22(27)25-24(2,3)4/h7-14H,6,15H2,1-5H3,(H,25,27). The lowest BCUT2D eigenvalue weighted by molar-refractivity contribution is 0.0784. The van der Waals surface area contributed by atoms with Crippen LogP contribution in [0.1, 0.15) is 59.7 Å². The van der Waals surface area contributed by atoms with E-state index in [0.717, 1.165) is 28.7 Å². The van der Waals surface area contributed by atoms with Crippen molar-refractivity contribution < 1.29 is 14.0 Å². The molecular formula is C24H28N2O3. The Bertz CT molecular complexity index is 1030. The van der Waals surface area contributed by atoms with Crippen molar-refractivity contribution in [2.24, 2.45) is 0 Å². The summed E-state index contributed by atoms with van der Waals surface area (Å²) < 4.78 is 5.93. The zero-order chi connectivity index (χ0) is 21.2. The molecule has 1 heterocycles. The molecule has 0 saturated carbocycles. The van der Waals surface area contributed by atoms with Crippen molar-refractivity contribution in [1.82, 2.24) is 10.2 Å². The van der Waals surface area contributed by atoms with E-state index in [2.05, 4.69) is 5.32 Å². The van der Waals surface area contributed by atoms with Gasteiger partial charge < -0.3 is 14.6 Å². The minimum atomic E-state index is -0.309. The fraction of sp³-hybridized carbons (Fsp3) is 0.333. The Labute approximate surface area is 171 Å². The maximum atomic E-state index is 12.9. The van der Waals surface area contributed by atoms with Crippen LogP contribution in [0, 0.1) is 0 Å². The number of aryl methyl sites for hydroxylation is 1. The van der Waals surface area contributed by atoms with Crippen LogP contribution >= 0.6 is 0 Å². The van der Waals surface area contributed by atoms with E-state index in [9.17, 15) is 9.59 Å². The van der Waals surface area contributed by atoms with Gasteiger partial charge in [-0.2, -0.15) is 0 Å². The molecule has 5 nitrogen and oxygen atoms in total. The van der Waals surface area contributed by atoms with E-state index in [4.69, 9.17) is 4.42 Å². The van der Waals surface area contributed by atoms with Gasteiger partial charge in [0.15, 0.2) is 0 Å². The Balaban J connectivity index is 1.76. The summed E-state index contributed by atoms with van der Waals surface area (Å²) in [6.07, 6.45) is 0.767. The summed E-state index contributed by atoms with van der Waals surface area (Å²) in [5.41, 5.74) is 2.66. The van der Waals surface area contributed by atoms with Gasteiger partial charge in [0, 0.05) is 47.6 Å². The van der Waals surface area contributed by atoms with Gasteiger partial charge in [-0.25, -0.2) is 0 Å². The number of furan rings is 1. The normalized spacial score (nSPS) is 11.5. The van der Waals surface area contributed by atoms with Gasteiger partial charge in [0.1, 0.15) is 11.3 Å². The molecule has 3 aromatic rings. The Hall–Kier alpha value is -3.08. The van der Waals surface area contributed by atoms with Crippen LogP contribution in [0.15, 0.2) is 52.9 Å². The van der Waals surface area contributed by atoms with Gasteiger partial charge in [0.25, 0.3) is 11.8 Å². The second-order valence-electron chi connectivity index (χ2n) is 8.30. The van der Waals surface area contributed by atoms with Gasteiger partial charge in [-0.15, -0.1) is 0 Å². The van der Waals surface area contributed by atoms with Crippen LogP contribution in [0.3, 0.4) is 0 Å². The first kappa shape index (κ1) is 20.6. The van der Waals surface area contributed by atoms with Gasteiger partial charge in [-0.3, -0.25) is 9.59 Å². The summed E-state index contributed by atoms with van der Waals surface area (Å²) in [5.74, 6) is 0.655. The molecule has 0 aliphatic carbocycles. The third-order valence-corrected chi connectivity index (χ3v) is 4.73. The molecule has 0 saturated heterocycles. The number of amides is 2. The summed E-state index contributed by atoms with van der Waals surface area (Å²) >= 11 is 0. The smallest absolute Gasteiger partial charge is 0.253 e. The third-order valence-electron chi connectivity index (χ3n) is 4.73. The van der Waals surface area contributed by atoms with Gasteiger partial charge in [-0.1, -0.05) is 25.1 Å². The predicted molar refractivity (Wildman–Crippen MR) is 115 cm³/mol. The summed E-state index contributed by atoms with van der Waals surface area (Å²) in [6.45, 7) is 8.31. The number of para-hydroxylation sites is 1. The fourth-order valence-corrected chi connectivity index (χ4v) is 3.31. The maximum absolute atomic E-state index is 12.9. The SMILES string of the molecule is CCc1oc2ccccc2c1CN(C)C(=O)c1ccc(C(=O)NC(C)(C)C)cc1. The van der Waals surface area contributed by atoms with Crippen molar-refractivity contribution in [3.05, 3.63) is 71.0 Å². The van der Waals surface area contributed by atoms with Crippen LogP contribution in [0.5, 0.6) is 0 Å². The highest BCUT2D eigenvalue weighted by atomic mass is 16.3. The molecule has 0 spiro atoms. The highest BCUT2D eigenvalue weighted by Gasteiger charge is 2.19. The average Bonchev–Trinajstić information content (AvgIpc) is 3.04. The van der Waals surface area contributed by atoms with Gasteiger partial charge in [0.2, 0.25) is 0 Å². The van der Waals surface area contributed by atoms with Crippen LogP contribution in [0.2, 0.25) is 0 Å². The monoisotopic (exact) mass is 392 g/mol. The Morgan fingerprint density at radius 2 is 1.62 bits per heavy atom. The van der Waals surface area contributed by atoms with Crippen molar-refractivity contribution in [2.75, 3.05) is 7.05 Å². The summed E-state index contributed by atoms with van der Waals surface area (Å²) in [6, 6.07) is 14.7. The summed E-state index contributed by atoms with van der Waals surface area (Å²) in [5, 5.41) is 3.96. The second-order valence-corrected chi connectivity index (χ2v) is 8.30. The topological polar surface area (TPSA) is 62.6 Å². The average molecular weight is 392 g/mol. The van der Waals surface area contributed by atoms with E-state index in [1.807, 2.05) is 52.0 Å². The second kappa shape index (κ2) is 8.11. The van der Waals surface area contributed by atoms with Crippen molar-refractivity contribution >= 4 is 22.8 Å². The minimum absolute atomic E-state index is 0.0971. The first-order valence-corrected chi connectivity index (χ1v) is 9.87. The molecule has 29 heavy (non-hydrogen) atoms. The molecule has 2 aromatic carbocycles. The molecular weight excluding hydrogens is 364 g/mol. The molecule has 0 unspecified atom stereocenters. The van der Waals surface area contributed by atoms with Crippen LogP contribution < -0.4 is 5.32 Å². The fourth-order valence-electron chi connectivity index (χ4n) is 3.31. The van der Waals surface area contributed by atoms with Crippen LogP contribution in [0.25, 0.3) is 11.0 Å². The van der Waals surface area contributed by atoms with Gasteiger partial charge in [-0.05, 0) is 51.1 Å². The van der Waals surface area contributed by atoms with Crippen molar-refractivity contribution in [1.29, 1.82) is 0 Å². The van der Waals surface area contributed by atoms with Crippen LogP contribution in [-0.4, -0.2) is 29.3 Å². The van der Waals surface area contributed by atoms with Crippen LogP contribution in [0.4, 0.5) is 0 Å². The zero-order valence-electron chi connectivity index (χ0n) is 17.7. The Kier molecular flexibility index (Phi) is 5.78. The number of carbonyl (C=O) groups excluding carboxylic acids is 2. The zero-order valence-corrected chi connectivity index (χ0v) is 17.7. The number of hydrogen-bond donors (Lipinski definition) is 1. The Morgan fingerprint density at radius 3 is 2.24 bits per heavy atom. The quantitative estimate of drug-likeness (QED) is 0.679. The molecule has 0 bridgehead atoms. The lowest BCUT2D eigenvalue weighted by atomic mass is 10.1. The lowest BCUT2D eigenvalue weighted by Crippen LogP contribution is -2.40. The molecule has 1 N–H and O–H groups in total. The summed E-state index contributed by atoms with van der Waals surface area (Å²) in [7, 11) is 1.78. The number of hydrogen-bond acceptors (Lipinski definition) is 3. The highest BCUT2D eigenvalue weighted by molar-refractivity contribution is 5.98. The number of nitrogens with one attached hydrogen (secondary N) is 1. The molecule has 0 radical (unpaired) electrons. The van der Waals surface area contributed by atoms with E-state index in [-0.39, 0.29) is 17.4 Å². The number of rotatable bonds is 5. The van der Waals surface area contributed by atoms with Crippen molar-refractivity contribution in [3.63, 3.8) is 0 Å². The molecule has 0 atom stereocenters. The van der Waals surface area contributed by atoms with Crippen LogP contribution in [-0.2, 0) is 13.0 Å². The van der Waals surface area contributed by atoms with Gasteiger partial charge >= 0.3 is 0 Å². The predicted octanol–water partition coefficient (Wildman–Crippen LogP) is 4.80. The van der Waals surface area contributed by atoms with E-state index in [1.165, 1.54) is 0 Å². The Morgan fingerprint density at radius 1 is 1.00 bits per heavy atom. The molecule has 152 valence electrons. The molecule has 1 aromatic heterocycles. The highest BCUT2D eigenvalue weighted by Crippen LogP contribution is 2.27. The molecule has 0 aliphatic rings. The molecule has 2 amide bonds. The first-order chi connectivity index (χ1) is 13.7. The van der Waals surface area contributed by atoms with Crippen molar-refractivity contribution in [3.8, 4) is 0 Å². The molecule has 0 fully saturated rings. The van der Waals surface area contributed by atoms with E-state index in [1.54, 1.807) is 36.2 Å². The minimum Gasteiger partial charge on any atom is -0.461 e. The molecule has 5 heteroatoms. The molecule has 3 rings (SSSR count). The van der Waals surface area contributed by atoms with E-state index in [0.29, 0.717) is 17.7 Å². The number of carbonyl (C=O) groups is 2. The third kappa shape index (κ3) is 4.67. The van der Waals surface area contributed by atoms with E-state index >= 15 is 0 Å². The maximum Gasteiger partial charge on any atom is 0.253 e. The summed E-state index contributed by atoms with van der Waals surface area (Å²) in [4.78, 5) is 26.9. The number of nitrogens with zero attached hydrogens (tertiary/aromatic N) is 1.